The predicted octanol–water partition coefficient (Wildman–Crippen LogP) is 18.6. The minimum Gasteiger partial charge on any atom is -0.0895 e. The van der Waals surface area contributed by atoms with Gasteiger partial charge in [-0.25, -0.2) is 0 Å². The Morgan fingerprint density at radius 2 is 0.528 bits per heavy atom. The Morgan fingerprint density at radius 3 is 0.811 bits per heavy atom. The van der Waals surface area contributed by atoms with E-state index in [4.69, 9.17) is 0 Å². The Kier molecular flexibility index (Phi) is 31.9. The van der Waals surface area contributed by atoms with Crippen molar-refractivity contribution in [3.63, 3.8) is 0 Å². The number of hydrogen-bond donors (Lipinski definition) is 0. The van der Waals surface area contributed by atoms with E-state index >= 15 is 0 Å². The van der Waals surface area contributed by atoms with Crippen LogP contribution in [0.5, 0.6) is 0 Å². The maximum Gasteiger partial charge on any atom is 0.0157 e. The molecule has 0 N–H and O–H groups in total. The second-order valence-corrected chi connectivity index (χ2v) is 17.9. The van der Waals surface area contributed by atoms with Gasteiger partial charge in [0.2, 0.25) is 0 Å². The Labute approximate surface area is 337 Å². The third kappa shape index (κ3) is 24.1. The summed E-state index contributed by atoms with van der Waals surface area (Å²) in [5.41, 5.74) is 6.70. The predicted molar refractivity (Wildman–Crippen MR) is 242 cm³/mol. The van der Waals surface area contributed by atoms with E-state index < -0.39 is 0 Å². The molecule has 0 aliphatic carbocycles. The molecule has 0 radical (unpaired) electrons. The minimum absolute atomic E-state index is 1.26. The van der Waals surface area contributed by atoms with Crippen molar-refractivity contribution < 1.29 is 0 Å². The Morgan fingerprint density at radius 1 is 0.283 bits per heavy atom. The molecule has 2 aromatic carbocycles. The van der Waals surface area contributed by atoms with Crippen molar-refractivity contribution in [2.75, 3.05) is 0 Å². The van der Waals surface area contributed by atoms with Crippen LogP contribution >= 0.6 is 11.8 Å². The first-order valence-corrected chi connectivity index (χ1v) is 25.0. The first kappa shape index (κ1) is 47.9. The van der Waals surface area contributed by atoms with Crippen molar-refractivity contribution in [1.29, 1.82) is 0 Å². The van der Waals surface area contributed by atoms with Crippen LogP contribution in [0.4, 0.5) is 0 Å². The normalized spacial score (nSPS) is 11.5. The Balaban J connectivity index is 2.15. The van der Waals surface area contributed by atoms with Gasteiger partial charge in [-0.2, -0.15) is 0 Å². The molecule has 304 valence electrons. The first-order valence-electron chi connectivity index (χ1n) is 24.1. The molecule has 1 heteroatoms. The van der Waals surface area contributed by atoms with Crippen molar-refractivity contribution in [2.24, 2.45) is 0 Å². The van der Waals surface area contributed by atoms with E-state index in [0.717, 1.165) is 0 Å². The van der Waals surface area contributed by atoms with Crippen LogP contribution in [0.3, 0.4) is 0 Å². The van der Waals surface area contributed by atoms with Crippen LogP contribution in [0.25, 0.3) is 0 Å². The number of benzene rings is 2. The van der Waals surface area contributed by atoms with Crippen molar-refractivity contribution in [3.8, 4) is 0 Å². The SMILES string of the molecule is CCCCCCCCCCc1cccc(Sc2cccc(CCCCCCCCCC)c2CCCCCCCCCC)c1CCCCCCCCCC. The van der Waals surface area contributed by atoms with Gasteiger partial charge in [0.15, 0.2) is 0 Å². The molecule has 0 amide bonds. The van der Waals surface area contributed by atoms with E-state index in [1.165, 1.54) is 231 Å². The van der Waals surface area contributed by atoms with E-state index in [1.807, 2.05) is 0 Å². The molecule has 0 spiro atoms. The van der Waals surface area contributed by atoms with Gasteiger partial charge >= 0.3 is 0 Å². The molecule has 0 fully saturated rings. The second-order valence-electron chi connectivity index (χ2n) is 16.8. The molecule has 0 saturated carbocycles. The number of rotatable bonds is 38. The standard InChI is InChI=1S/C52H90S/c1-5-9-13-17-21-25-29-33-39-47-41-37-45-51(49(47)43-35-31-27-23-19-15-11-7-3)53-52-46-38-42-48(40-34-30-26-22-18-14-10-6-2)50(52)44-36-32-28-24-20-16-12-8-4/h37-38,41-42,45-46H,5-36,39-40,43-44H2,1-4H3. The highest BCUT2D eigenvalue weighted by atomic mass is 32.2. The lowest BCUT2D eigenvalue weighted by atomic mass is 9.96. The highest BCUT2D eigenvalue weighted by Gasteiger charge is 2.15. The molecule has 0 saturated heterocycles. The molecule has 2 aromatic rings. The quantitative estimate of drug-likeness (QED) is 0.0617. The van der Waals surface area contributed by atoms with Crippen molar-refractivity contribution in [2.45, 2.75) is 269 Å². The summed E-state index contributed by atoms with van der Waals surface area (Å²) in [5, 5.41) is 0. The van der Waals surface area contributed by atoms with Crippen molar-refractivity contribution in [1.82, 2.24) is 0 Å². The highest BCUT2D eigenvalue weighted by Crippen LogP contribution is 2.38. The van der Waals surface area contributed by atoms with E-state index in [1.54, 1.807) is 32.0 Å². The van der Waals surface area contributed by atoms with E-state index in [9.17, 15) is 0 Å². The lowest BCUT2D eigenvalue weighted by molar-refractivity contribution is 0.569. The summed E-state index contributed by atoms with van der Waals surface area (Å²) in [5.74, 6) is 0. The summed E-state index contributed by atoms with van der Waals surface area (Å²) in [6, 6.07) is 14.7. The van der Waals surface area contributed by atoms with E-state index in [-0.39, 0.29) is 0 Å². The molecular weight excluding hydrogens is 657 g/mol. The second kappa shape index (κ2) is 35.2. The molecule has 0 aliphatic rings. The molecule has 0 heterocycles. The van der Waals surface area contributed by atoms with Gasteiger partial charge < -0.3 is 0 Å². The summed E-state index contributed by atoms with van der Waals surface area (Å²) in [4.78, 5) is 3.12. The van der Waals surface area contributed by atoms with Crippen LogP contribution in [-0.4, -0.2) is 0 Å². The average molecular weight is 747 g/mol. The van der Waals surface area contributed by atoms with Gasteiger partial charge in [-0.05, 0) is 85.8 Å². The van der Waals surface area contributed by atoms with Gasteiger partial charge in [0.1, 0.15) is 0 Å². The summed E-state index contributed by atoms with van der Waals surface area (Å²) >= 11 is 2.13. The van der Waals surface area contributed by atoms with Crippen LogP contribution in [0.1, 0.15) is 255 Å². The van der Waals surface area contributed by atoms with Gasteiger partial charge in [-0.1, -0.05) is 244 Å². The van der Waals surface area contributed by atoms with Crippen LogP contribution in [0.15, 0.2) is 46.2 Å². The number of unbranched alkanes of at least 4 members (excludes halogenated alkanes) is 28. The maximum absolute atomic E-state index is 2.49. The average Bonchev–Trinajstić information content (AvgIpc) is 3.17. The minimum atomic E-state index is 1.26. The smallest absolute Gasteiger partial charge is 0.0157 e. The van der Waals surface area contributed by atoms with Crippen LogP contribution in [0.2, 0.25) is 0 Å². The zero-order chi connectivity index (χ0) is 37.9. The number of hydrogen-bond acceptors (Lipinski definition) is 1. The topological polar surface area (TPSA) is 0 Å². The van der Waals surface area contributed by atoms with E-state index in [0.29, 0.717) is 0 Å². The van der Waals surface area contributed by atoms with Crippen LogP contribution in [-0.2, 0) is 25.7 Å². The van der Waals surface area contributed by atoms with Crippen molar-refractivity contribution >= 4 is 11.8 Å². The van der Waals surface area contributed by atoms with Gasteiger partial charge in [-0.3, -0.25) is 0 Å². The third-order valence-electron chi connectivity index (χ3n) is 11.8. The Hall–Kier alpha value is -1.21. The molecule has 0 bridgehead atoms. The molecule has 0 nitrogen and oxygen atoms in total. The first-order chi connectivity index (χ1) is 26.2. The summed E-state index contributed by atoms with van der Waals surface area (Å²) in [7, 11) is 0. The molecule has 0 atom stereocenters. The fourth-order valence-electron chi connectivity index (χ4n) is 8.34. The fraction of sp³-hybridized carbons (Fsp3) is 0.769. The molecule has 0 aromatic heterocycles. The van der Waals surface area contributed by atoms with Crippen LogP contribution < -0.4 is 0 Å². The fourth-order valence-corrected chi connectivity index (χ4v) is 9.58. The van der Waals surface area contributed by atoms with E-state index in [2.05, 4.69) is 75.9 Å². The summed E-state index contributed by atoms with van der Waals surface area (Å²) < 4.78 is 0. The summed E-state index contributed by atoms with van der Waals surface area (Å²) in [6.07, 6.45) is 49.9. The summed E-state index contributed by atoms with van der Waals surface area (Å²) in [6.45, 7) is 9.30. The zero-order valence-electron chi connectivity index (χ0n) is 36.3. The molecule has 0 aliphatic heterocycles. The number of aryl methyl sites for hydroxylation is 2. The maximum atomic E-state index is 2.49. The van der Waals surface area contributed by atoms with Gasteiger partial charge in [0.05, 0.1) is 0 Å². The molecule has 53 heavy (non-hydrogen) atoms. The largest absolute Gasteiger partial charge is 0.0895 e. The molecule has 2 rings (SSSR count). The molecular formula is C52H90S. The highest BCUT2D eigenvalue weighted by molar-refractivity contribution is 7.99. The Bertz CT molecular complexity index is 999. The zero-order valence-corrected chi connectivity index (χ0v) is 37.1. The van der Waals surface area contributed by atoms with Gasteiger partial charge in [0.25, 0.3) is 0 Å². The lowest BCUT2D eigenvalue weighted by Gasteiger charge is -2.19. The van der Waals surface area contributed by atoms with Gasteiger partial charge in [-0.15, -0.1) is 0 Å². The van der Waals surface area contributed by atoms with Crippen molar-refractivity contribution in [3.05, 3.63) is 58.7 Å². The monoisotopic (exact) mass is 747 g/mol. The molecule has 0 unspecified atom stereocenters. The third-order valence-corrected chi connectivity index (χ3v) is 13.0. The van der Waals surface area contributed by atoms with Crippen LogP contribution in [0, 0.1) is 0 Å². The van der Waals surface area contributed by atoms with Gasteiger partial charge in [0, 0.05) is 9.79 Å². The lowest BCUT2D eigenvalue weighted by Crippen LogP contribution is -2.01.